The lowest BCUT2D eigenvalue weighted by Crippen LogP contribution is -1.97. The Morgan fingerprint density at radius 2 is 2.38 bits per heavy atom. The van der Waals surface area contributed by atoms with Gasteiger partial charge < -0.3 is 4.74 Å². The molecule has 68 valence electrons. The van der Waals surface area contributed by atoms with Crippen molar-refractivity contribution in [2.75, 3.05) is 7.11 Å². The molecule has 1 heterocycles. The zero-order valence-electron chi connectivity index (χ0n) is 6.76. The Morgan fingerprint density at radius 3 is 2.85 bits per heavy atom. The summed E-state index contributed by atoms with van der Waals surface area (Å²) in [7, 11) is 1.34. The molecule has 0 aliphatic carbocycles. The van der Waals surface area contributed by atoms with Gasteiger partial charge >= 0.3 is 0 Å². The highest BCUT2D eigenvalue weighted by Crippen LogP contribution is 2.20. The zero-order chi connectivity index (χ0) is 9.84. The fourth-order valence-electron chi connectivity index (χ4n) is 0.797. The third-order valence-electron chi connectivity index (χ3n) is 1.42. The van der Waals surface area contributed by atoms with Crippen molar-refractivity contribution < 1.29 is 14.5 Å². The summed E-state index contributed by atoms with van der Waals surface area (Å²) in [6, 6.07) is 1.10. The minimum Gasteiger partial charge on any atom is -0.481 e. The Labute approximate surface area is 73.3 Å². The second-order valence-electron chi connectivity index (χ2n) is 2.16. The molecule has 0 aromatic carbocycles. The second kappa shape index (κ2) is 3.61. The molecular weight excluding hydrogens is 176 g/mol. The van der Waals surface area contributed by atoms with Crippen molar-refractivity contribution in [2.45, 2.75) is 0 Å². The van der Waals surface area contributed by atoms with E-state index in [0.717, 1.165) is 12.3 Å². The van der Waals surface area contributed by atoms with Crippen LogP contribution in [0.3, 0.4) is 0 Å². The number of rotatable bonds is 3. The van der Waals surface area contributed by atoms with Crippen molar-refractivity contribution in [1.29, 1.82) is 0 Å². The van der Waals surface area contributed by atoms with Crippen LogP contribution in [0, 0.1) is 10.1 Å². The third-order valence-corrected chi connectivity index (χ3v) is 1.42. The van der Waals surface area contributed by atoms with E-state index in [4.69, 9.17) is 0 Å². The predicted octanol–water partition coefficient (Wildman–Crippen LogP) is 0.811. The summed E-state index contributed by atoms with van der Waals surface area (Å²) in [6.45, 7) is 0. The largest absolute Gasteiger partial charge is 0.481 e. The van der Waals surface area contributed by atoms with Gasteiger partial charge in [0.15, 0.2) is 6.29 Å². The van der Waals surface area contributed by atoms with E-state index >= 15 is 0 Å². The van der Waals surface area contributed by atoms with Crippen LogP contribution in [0.15, 0.2) is 12.3 Å². The van der Waals surface area contributed by atoms with Gasteiger partial charge in [0.2, 0.25) is 5.88 Å². The average molecular weight is 182 g/mol. The lowest BCUT2D eigenvalue weighted by Gasteiger charge is -1.98. The predicted molar refractivity (Wildman–Crippen MR) is 42.8 cm³/mol. The molecule has 6 heteroatoms. The molecule has 0 fully saturated rings. The van der Waals surface area contributed by atoms with Crippen molar-refractivity contribution >= 4 is 12.0 Å². The van der Waals surface area contributed by atoms with Gasteiger partial charge in [-0.3, -0.25) is 14.9 Å². The lowest BCUT2D eigenvalue weighted by atomic mass is 10.2. The molecule has 0 N–H and O–H groups in total. The topological polar surface area (TPSA) is 82.3 Å². The molecule has 0 unspecified atom stereocenters. The molecule has 0 saturated carbocycles. The van der Waals surface area contributed by atoms with E-state index in [-0.39, 0.29) is 17.1 Å². The number of hydrogen-bond donors (Lipinski definition) is 0. The van der Waals surface area contributed by atoms with E-state index < -0.39 is 4.92 Å². The Kier molecular flexibility index (Phi) is 2.53. The monoisotopic (exact) mass is 182 g/mol. The number of nitro groups is 1. The molecule has 6 nitrogen and oxygen atoms in total. The Bertz CT molecular complexity index is 350. The molecule has 0 aliphatic rings. The van der Waals surface area contributed by atoms with Crippen molar-refractivity contribution in [3.63, 3.8) is 0 Å². The minimum atomic E-state index is -0.659. The fourth-order valence-corrected chi connectivity index (χ4v) is 0.797. The normalized spacial score (nSPS) is 9.31. The molecule has 0 spiro atoms. The molecule has 0 saturated heterocycles. The maximum Gasteiger partial charge on any atom is 0.286 e. The van der Waals surface area contributed by atoms with Crippen LogP contribution in [0.25, 0.3) is 0 Å². The van der Waals surface area contributed by atoms with Crippen LogP contribution >= 0.6 is 0 Å². The van der Waals surface area contributed by atoms with E-state index in [0.29, 0.717) is 6.29 Å². The molecule has 0 bridgehead atoms. The second-order valence-corrected chi connectivity index (χ2v) is 2.16. The van der Waals surface area contributed by atoms with Crippen LogP contribution in [0.2, 0.25) is 0 Å². The van der Waals surface area contributed by atoms with Gasteiger partial charge in [0, 0.05) is 6.20 Å². The smallest absolute Gasteiger partial charge is 0.286 e. The van der Waals surface area contributed by atoms with Crippen molar-refractivity contribution in [3.8, 4) is 5.88 Å². The molecule has 1 aromatic heterocycles. The van der Waals surface area contributed by atoms with Gasteiger partial charge in [0.1, 0.15) is 5.56 Å². The first-order chi connectivity index (χ1) is 6.19. The number of carbonyl (C=O) groups excluding carboxylic acids is 1. The number of hydrogen-bond acceptors (Lipinski definition) is 5. The zero-order valence-corrected chi connectivity index (χ0v) is 6.76. The van der Waals surface area contributed by atoms with Crippen LogP contribution in [-0.2, 0) is 0 Å². The molecule has 1 rings (SSSR count). The molecule has 1 aromatic rings. The summed E-state index contributed by atoms with van der Waals surface area (Å²) in [5.41, 5.74) is -0.368. The van der Waals surface area contributed by atoms with Crippen molar-refractivity contribution in [2.24, 2.45) is 0 Å². The van der Waals surface area contributed by atoms with Gasteiger partial charge in [0.05, 0.1) is 18.1 Å². The highest BCUT2D eigenvalue weighted by molar-refractivity contribution is 5.80. The van der Waals surface area contributed by atoms with E-state index in [1.807, 2.05) is 0 Å². The number of nitrogens with zero attached hydrogens (tertiary/aromatic N) is 2. The van der Waals surface area contributed by atoms with Crippen molar-refractivity contribution in [3.05, 3.63) is 27.9 Å². The Hall–Kier alpha value is -1.98. The van der Waals surface area contributed by atoms with Crippen LogP contribution in [0.4, 0.5) is 5.69 Å². The van der Waals surface area contributed by atoms with Crippen LogP contribution < -0.4 is 4.74 Å². The summed E-state index contributed by atoms with van der Waals surface area (Å²) in [4.78, 5) is 23.8. The molecule has 0 amide bonds. The SMILES string of the molecule is COc1cc([N+](=O)[O-])c(C=O)cn1. The maximum atomic E-state index is 10.4. The fraction of sp³-hybridized carbons (Fsp3) is 0.143. The highest BCUT2D eigenvalue weighted by atomic mass is 16.6. The van der Waals surface area contributed by atoms with E-state index in [9.17, 15) is 14.9 Å². The van der Waals surface area contributed by atoms with Gasteiger partial charge in [-0.15, -0.1) is 0 Å². The summed E-state index contributed by atoms with van der Waals surface area (Å²) in [5.74, 6) is 0.109. The summed E-state index contributed by atoms with van der Waals surface area (Å²) in [6.07, 6.45) is 1.48. The number of ether oxygens (including phenoxy) is 1. The maximum absolute atomic E-state index is 10.4. The average Bonchev–Trinajstić information content (AvgIpc) is 2.16. The standard InChI is InChI=1S/C7H6N2O4/c1-13-7-2-6(9(11)12)5(4-10)3-8-7/h2-4H,1H3. The minimum absolute atomic E-state index is 0.0641. The first-order valence-corrected chi connectivity index (χ1v) is 3.32. The first-order valence-electron chi connectivity index (χ1n) is 3.32. The number of aromatic nitrogens is 1. The number of carbonyl (C=O) groups is 1. The van der Waals surface area contributed by atoms with Crippen LogP contribution in [-0.4, -0.2) is 23.3 Å². The molecular formula is C7H6N2O4. The van der Waals surface area contributed by atoms with Gasteiger partial charge in [-0.05, 0) is 0 Å². The molecule has 13 heavy (non-hydrogen) atoms. The molecule has 0 aliphatic heterocycles. The van der Waals surface area contributed by atoms with Gasteiger partial charge in [0.25, 0.3) is 5.69 Å². The summed E-state index contributed by atoms with van der Waals surface area (Å²) < 4.78 is 4.67. The molecule has 0 radical (unpaired) electrons. The van der Waals surface area contributed by atoms with Gasteiger partial charge in [-0.1, -0.05) is 0 Å². The molecule has 0 atom stereocenters. The van der Waals surface area contributed by atoms with E-state index in [1.165, 1.54) is 7.11 Å². The van der Waals surface area contributed by atoms with E-state index in [2.05, 4.69) is 9.72 Å². The first kappa shape index (κ1) is 9.11. The number of methoxy groups -OCH3 is 1. The van der Waals surface area contributed by atoms with Crippen LogP contribution in [0.5, 0.6) is 5.88 Å². The van der Waals surface area contributed by atoms with Crippen LogP contribution in [0.1, 0.15) is 10.4 Å². The summed E-state index contributed by atoms with van der Waals surface area (Å²) in [5, 5.41) is 10.4. The number of pyridine rings is 1. The summed E-state index contributed by atoms with van der Waals surface area (Å²) >= 11 is 0. The quantitative estimate of drug-likeness (QED) is 0.392. The van der Waals surface area contributed by atoms with Gasteiger partial charge in [-0.25, -0.2) is 4.98 Å². The Morgan fingerprint density at radius 1 is 1.69 bits per heavy atom. The third kappa shape index (κ3) is 1.78. The van der Waals surface area contributed by atoms with Gasteiger partial charge in [-0.2, -0.15) is 0 Å². The Balaban J connectivity index is 3.25. The lowest BCUT2D eigenvalue weighted by molar-refractivity contribution is -0.385. The highest BCUT2D eigenvalue weighted by Gasteiger charge is 2.14. The van der Waals surface area contributed by atoms with Crippen molar-refractivity contribution in [1.82, 2.24) is 4.98 Å². The number of aldehydes is 1. The van der Waals surface area contributed by atoms with E-state index in [1.54, 1.807) is 0 Å².